The molecule has 17 heteroatoms. The van der Waals surface area contributed by atoms with E-state index >= 15 is 4.39 Å². The van der Waals surface area contributed by atoms with Crippen molar-refractivity contribution < 1.29 is 42.9 Å². The summed E-state index contributed by atoms with van der Waals surface area (Å²) >= 11 is 3.35. The van der Waals surface area contributed by atoms with Crippen LogP contribution in [0.15, 0.2) is 29.3 Å². The molecule has 1 atom stereocenters. The van der Waals surface area contributed by atoms with Crippen molar-refractivity contribution in [2.75, 3.05) is 22.9 Å². The molecule has 49 heavy (non-hydrogen) atoms. The van der Waals surface area contributed by atoms with Gasteiger partial charge in [0.2, 0.25) is 0 Å². The maximum absolute atomic E-state index is 15.0. The second kappa shape index (κ2) is 13.4. The van der Waals surface area contributed by atoms with Gasteiger partial charge >= 0.3 is 24.2 Å². The fourth-order valence-electron chi connectivity index (χ4n) is 5.05. The van der Waals surface area contributed by atoms with Gasteiger partial charge in [-0.25, -0.2) is 38.5 Å². The predicted molar refractivity (Wildman–Crippen MR) is 180 cm³/mol. The first-order valence-electron chi connectivity index (χ1n) is 15.4. The predicted octanol–water partition coefficient (Wildman–Crippen LogP) is 6.01. The van der Waals surface area contributed by atoms with E-state index in [-0.39, 0.29) is 47.5 Å². The normalized spacial score (nSPS) is 16.8. The van der Waals surface area contributed by atoms with Gasteiger partial charge in [0, 0.05) is 24.2 Å². The Balaban J connectivity index is 1.73. The lowest BCUT2D eigenvalue weighted by atomic mass is 9.99. The summed E-state index contributed by atoms with van der Waals surface area (Å²) in [6.07, 6.45) is -0.370. The minimum Gasteiger partial charge on any atom is -0.479 e. The summed E-state index contributed by atoms with van der Waals surface area (Å²) in [7, 11) is 0. The number of nitrogens with one attached hydrogen (secondary N) is 1. The van der Waals surface area contributed by atoms with Gasteiger partial charge in [-0.2, -0.15) is 4.90 Å². The Morgan fingerprint density at radius 1 is 0.959 bits per heavy atom. The maximum atomic E-state index is 15.0. The zero-order chi connectivity index (χ0) is 36.7. The average molecular weight is 751 g/mol. The first-order valence-corrected chi connectivity index (χ1v) is 16.2. The molecule has 0 unspecified atom stereocenters. The molecule has 0 aliphatic carbocycles. The highest BCUT2D eigenvalue weighted by molar-refractivity contribution is 9.10. The molecule has 0 bridgehead atoms. The van der Waals surface area contributed by atoms with Crippen LogP contribution >= 0.6 is 15.9 Å². The van der Waals surface area contributed by atoms with Gasteiger partial charge in [0.25, 0.3) is 0 Å². The molecule has 3 heterocycles. The molecule has 3 aromatic rings. The number of anilines is 2. The summed E-state index contributed by atoms with van der Waals surface area (Å²) in [5.41, 5.74) is -3.28. The largest absolute Gasteiger partial charge is 0.479 e. The van der Waals surface area contributed by atoms with Crippen molar-refractivity contribution in [3.05, 3.63) is 40.6 Å². The van der Waals surface area contributed by atoms with Crippen molar-refractivity contribution in [3.8, 4) is 0 Å². The number of benzene rings is 1. The minimum absolute atomic E-state index is 0.0322. The van der Waals surface area contributed by atoms with E-state index in [2.05, 4.69) is 36.2 Å². The summed E-state index contributed by atoms with van der Waals surface area (Å²) in [6, 6.07) is 2.77. The van der Waals surface area contributed by atoms with Crippen molar-refractivity contribution >= 4 is 62.8 Å². The number of alkyl carbamates (subject to hydrolysis) is 1. The molecule has 3 amide bonds. The van der Waals surface area contributed by atoms with Gasteiger partial charge in [-0.05, 0) is 90.4 Å². The van der Waals surface area contributed by atoms with Crippen molar-refractivity contribution in [2.45, 2.75) is 97.6 Å². The van der Waals surface area contributed by atoms with E-state index in [1.807, 2.05) is 0 Å². The fourth-order valence-corrected chi connectivity index (χ4v) is 5.51. The van der Waals surface area contributed by atoms with Crippen molar-refractivity contribution in [3.63, 3.8) is 0 Å². The quantitative estimate of drug-likeness (QED) is 0.281. The number of rotatable bonds is 6. The molecule has 1 fully saturated rings. The van der Waals surface area contributed by atoms with Crippen LogP contribution in [0.3, 0.4) is 0 Å². The van der Waals surface area contributed by atoms with Crippen molar-refractivity contribution in [1.29, 1.82) is 0 Å². The Kier molecular flexibility index (Phi) is 10.2. The number of fused-ring (bicyclic) bond motifs is 1. The number of carbonyl (C=O) groups excluding carboxylic acids is 3. The van der Waals surface area contributed by atoms with Crippen molar-refractivity contribution in [1.82, 2.24) is 24.8 Å². The molecule has 1 aliphatic heterocycles. The molecule has 2 aromatic heterocycles. The van der Waals surface area contributed by atoms with Gasteiger partial charge in [-0.1, -0.05) is 0 Å². The van der Waals surface area contributed by atoms with Crippen LogP contribution in [0.5, 0.6) is 0 Å². The number of carboxylic acids is 1. The Morgan fingerprint density at radius 2 is 1.55 bits per heavy atom. The van der Waals surface area contributed by atoms with Crippen LogP contribution in [0.4, 0.5) is 30.3 Å². The van der Waals surface area contributed by atoms with Crippen LogP contribution in [0, 0.1) is 5.82 Å². The van der Waals surface area contributed by atoms with E-state index in [9.17, 15) is 24.3 Å². The average Bonchev–Trinajstić information content (AvgIpc) is 3.54. The summed E-state index contributed by atoms with van der Waals surface area (Å²) in [5.74, 6) is -2.01. The number of hydrogen-bond donors (Lipinski definition) is 2. The number of amides is 3. The molecule has 2 N–H and O–H groups in total. The summed E-state index contributed by atoms with van der Waals surface area (Å²) in [4.78, 5) is 67.0. The Labute approximate surface area is 291 Å². The Bertz CT molecular complexity index is 1750. The number of halogens is 2. The summed E-state index contributed by atoms with van der Waals surface area (Å²) in [5, 5.41) is 12.7. The number of imidazole rings is 1. The third kappa shape index (κ3) is 8.74. The summed E-state index contributed by atoms with van der Waals surface area (Å²) < 4.78 is 33.0. The number of carbonyl (C=O) groups is 4. The molecule has 15 nitrogen and oxygen atoms in total. The second-order valence-corrected chi connectivity index (χ2v) is 15.4. The van der Waals surface area contributed by atoms with E-state index in [0.717, 1.165) is 6.33 Å². The van der Waals surface area contributed by atoms with E-state index in [4.69, 9.17) is 14.2 Å². The Morgan fingerprint density at radius 3 is 2.10 bits per heavy atom. The highest BCUT2D eigenvalue weighted by Crippen LogP contribution is 2.36. The van der Waals surface area contributed by atoms with Gasteiger partial charge in [-0.3, -0.25) is 0 Å². The van der Waals surface area contributed by atoms with Crippen LogP contribution in [0.25, 0.3) is 11.2 Å². The molecule has 1 saturated heterocycles. The van der Waals surface area contributed by atoms with Gasteiger partial charge in [0.15, 0.2) is 22.5 Å². The van der Waals surface area contributed by atoms with Crippen LogP contribution < -0.4 is 15.1 Å². The van der Waals surface area contributed by atoms with E-state index in [0.29, 0.717) is 16.2 Å². The smallest absolute Gasteiger partial charge is 0.425 e. The topological polar surface area (TPSA) is 178 Å². The van der Waals surface area contributed by atoms with E-state index < -0.39 is 52.4 Å². The molecular weight excluding hydrogens is 709 g/mol. The lowest BCUT2D eigenvalue weighted by molar-refractivity contribution is -0.143. The lowest BCUT2D eigenvalue weighted by Gasteiger charge is -2.29. The zero-order valence-electron chi connectivity index (χ0n) is 28.9. The molecular formula is C32H41BrFN7O8. The molecule has 1 aromatic carbocycles. The highest BCUT2D eigenvalue weighted by Gasteiger charge is 2.47. The fraction of sp³-hybridized carbons (Fsp3) is 0.531. The van der Waals surface area contributed by atoms with Crippen LogP contribution in [0.2, 0.25) is 0 Å². The number of aliphatic carboxylic acids is 1. The first-order chi connectivity index (χ1) is 22.5. The summed E-state index contributed by atoms with van der Waals surface area (Å²) in [6.45, 7) is 14.9. The monoisotopic (exact) mass is 749 g/mol. The number of nitrogens with zero attached hydrogens (tertiary/aromatic N) is 6. The number of carboxylic acid groups (broad SMARTS) is 1. The molecule has 0 radical (unpaired) electrons. The van der Waals surface area contributed by atoms with Gasteiger partial charge in [0.05, 0.1) is 23.9 Å². The molecule has 0 saturated carbocycles. The first kappa shape index (κ1) is 37.3. The highest BCUT2D eigenvalue weighted by atomic mass is 79.9. The number of ether oxygens (including phenoxy) is 3. The third-order valence-corrected chi connectivity index (χ3v) is 7.86. The van der Waals surface area contributed by atoms with Crippen LogP contribution in [0.1, 0.15) is 74.3 Å². The lowest BCUT2D eigenvalue weighted by Crippen LogP contribution is -2.57. The molecule has 0 spiro atoms. The van der Waals surface area contributed by atoms with E-state index in [1.165, 1.54) is 18.5 Å². The van der Waals surface area contributed by atoms with Crippen LogP contribution in [-0.4, -0.2) is 84.3 Å². The standard InChI is InChI=1S/C32H41BrFN7O8/c1-29(2,3)47-26(44)38-32(25(42)43)12-13-39(15-32)20-11-10-19(34)21(33)18(20)14-40-17-37-22-23(40)35-16-36-24(22)41(27(45)48-30(4,5)6)28(46)49-31(7,8)9/h10-11,16-17H,12-15H2,1-9H3,(H,38,44)(H,42,43)/t32-/m1/s1. The number of aromatic nitrogens is 4. The van der Waals surface area contributed by atoms with Crippen LogP contribution in [-0.2, 0) is 25.5 Å². The zero-order valence-corrected chi connectivity index (χ0v) is 30.5. The molecule has 1 aliphatic rings. The SMILES string of the molecule is CC(C)(C)OC(=O)N[C@]1(C(=O)O)CCN(c2ccc(F)c(Br)c2Cn2cnc3c(N(C(=O)OC(C)(C)C)C(=O)OC(C)(C)C)ncnc32)C1. The number of hydrogen-bond acceptors (Lipinski definition) is 11. The third-order valence-electron chi connectivity index (χ3n) is 7.01. The van der Waals surface area contributed by atoms with Gasteiger partial charge < -0.3 is 34.1 Å². The van der Waals surface area contributed by atoms with Gasteiger partial charge in [0.1, 0.15) is 28.9 Å². The van der Waals surface area contributed by atoms with Crippen molar-refractivity contribution in [2.24, 2.45) is 0 Å². The maximum Gasteiger partial charge on any atom is 0.425 e. The molecule has 266 valence electrons. The van der Waals surface area contributed by atoms with E-state index in [1.54, 1.807) is 71.8 Å². The minimum atomic E-state index is -1.67. The molecule has 4 rings (SSSR count). The van der Waals surface area contributed by atoms with Gasteiger partial charge in [-0.15, -0.1) is 0 Å². The second-order valence-electron chi connectivity index (χ2n) is 14.6. The Hall–Kier alpha value is -4.54. The number of imide groups is 1.